The van der Waals surface area contributed by atoms with Gasteiger partial charge in [-0.1, -0.05) is 30.3 Å². The number of rotatable bonds is 3. The SMILES string of the molecule is COc1cccc2c1CCC2N1CCC2(CC1)C(=O)NCN2c1ccccc1.Cl. The summed E-state index contributed by atoms with van der Waals surface area (Å²) in [4.78, 5) is 17.7. The molecule has 3 aliphatic rings. The smallest absolute Gasteiger partial charge is 0.247 e. The Morgan fingerprint density at radius 2 is 1.83 bits per heavy atom. The molecule has 1 N–H and O–H groups in total. The minimum Gasteiger partial charge on any atom is -0.496 e. The summed E-state index contributed by atoms with van der Waals surface area (Å²) in [6.07, 6.45) is 3.94. The molecule has 1 unspecified atom stereocenters. The summed E-state index contributed by atoms with van der Waals surface area (Å²) in [5.74, 6) is 1.20. The molecule has 2 aliphatic heterocycles. The summed E-state index contributed by atoms with van der Waals surface area (Å²) in [6, 6.07) is 17.2. The molecule has 1 atom stereocenters. The molecule has 154 valence electrons. The monoisotopic (exact) mass is 413 g/mol. The van der Waals surface area contributed by atoms with E-state index in [-0.39, 0.29) is 18.3 Å². The maximum Gasteiger partial charge on any atom is 0.247 e. The van der Waals surface area contributed by atoms with Crippen LogP contribution >= 0.6 is 12.4 Å². The minimum absolute atomic E-state index is 0. The average molecular weight is 414 g/mol. The lowest BCUT2D eigenvalue weighted by Gasteiger charge is -2.45. The number of carbonyl (C=O) groups excluding carboxylic acids is 1. The molecule has 29 heavy (non-hydrogen) atoms. The Hall–Kier alpha value is -2.24. The van der Waals surface area contributed by atoms with Crippen LogP contribution in [0.15, 0.2) is 48.5 Å². The lowest BCUT2D eigenvalue weighted by molar-refractivity contribution is -0.125. The highest BCUT2D eigenvalue weighted by Gasteiger charge is 2.51. The van der Waals surface area contributed by atoms with Crippen LogP contribution in [0.5, 0.6) is 5.75 Å². The molecule has 1 amide bonds. The van der Waals surface area contributed by atoms with Crippen LogP contribution in [0.2, 0.25) is 0 Å². The molecule has 2 fully saturated rings. The van der Waals surface area contributed by atoms with Gasteiger partial charge < -0.3 is 15.0 Å². The van der Waals surface area contributed by atoms with Gasteiger partial charge in [0.15, 0.2) is 0 Å². The van der Waals surface area contributed by atoms with E-state index in [2.05, 4.69) is 45.4 Å². The predicted molar refractivity (Wildman–Crippen MR) is 117 cm³/mol. The van der Waals surface area contributed by atoms with Gasteiger partial charge in [-0.25, -0.2) is 0 Å². The van der Waals surface area contributed by atoms with Crippen LogP contribution in [0.1, 0.15) is 36.4 Å². The van der Waals surface area contributed by atoms with Crippen molar-refractivity contribution in [1.82, 2.24) is 10.2 Å². The number of piperidine rings is 1. The highest BCUT2D eigenvalue weighted by molar-refractivity contribution is 5.93. The van der Waals surface area contributed by atoms with Gasteiger partial charge in [0.25, 0.3) is 0 Å². The third-order valence-corrected chi connectivity index (χ3v) is 6.89. The fraction of sp³-hybridized carbons (Fsp3) is 0.435. The number of hydrogen-bond donors (Lipinski definition) is 1. The first-order valence-corrected chi connectivity index (χ1v) is 10.2. The van der Waals surface area contributed by atoms with E-state index < -0.39 is 5.54 Å². The number of likely N-dealkylation sites (tertiary alicyclic amines) is 1. The summed E-state index contributed by atoms with van der Waals surface area (Å²) in [7, 11) is 1.75. The number of anilines is 1. The zero-order chi connectivity index (χ0) is 19.1. The van der Waals surface area contributed by atoms with Gasteiger partial charge in [-0.15, -0.1) is 12.4 Å². The van der Waals surface area contributed by atoms with Crippen LogP contribution in [-0.4, -0.2) is 43.2 Å². The van der Waals surface area contributed by atoms with Gasteiger partial charge >= 0.3 is 0 Å². The van der Waals surface area contributed by atoms with Crippen molar-refractivity contribution >= 4 is 24.0 Å². The van der Waals surface area contributed by atoms with Crippen LogP contribution in [0.4, 0.5) is 5.69 Å². The molecule has 2 saturated heterocycles. The number of carbonyl (C=O) groups is 1. The molecular formula is C23H28ClN3O2. The van der Waals surface area contributed by atoms with Crippen molar-refractivity contribution in [2.24, 2.45) is 0 Å². The lowest BCUT2D eigenvalue weighted by atomic mass is 9.84. The zero-order valence-corrected chi connectivity index (χ0v) is 17.6. The molecule has 5 rings (SSSR count). The first-order chi connectivity index (χ1) is 13.7. The van der Waals surface area contributed by atoms with Crippen molar-refractivity contribution in [3.05, 3.63) is 59.7 Å². The van der Waals surface area contributed by atoms with Crippen molar-refractivity contribution < 1.29 is 9.53 Å². The summed E-state index contributed by atoms with van der Waals surface area (Å²) >= 11 is 0. The van der Waals surface area contributed by atoms with Crippen LogP contribution in [-0.2, 0) is 11.2 Å². The topological polar surface area (TPSA) is 44.8 Å². The standard InChI is InChI=1S/C23H27N3O2.ClH/c1-28-21-9-5-8-18-19(21)10-11-20(18)25-14-12-23(13-15-25)22(27)24-16-26(23)17-6-3-2-4-7-17;/h2-9,20H,10-16H2,1H3,(H,24,27);1H. The number of methoxy groups -OCH3 is 1. The number of ether oxygens (including phenoxy) is 1. The molecule has 6 heteroatoms. The number of benzene rings is 2. The first-order valence-electron chi connectivity index (χ1n) is 10.2. The Bertz CT molecular complexity index is 881. The summed E-state index contributed by atoms with van der Waals surface area (Å²) in [5.41, 5.74) is 3.49. The molecule has 1 aliphatic carbocycles. The summed E-state index contributed by atoms with van der Waals surface area (Å²) in [5, 5.41) is 3.10. The van der Waals surface area contributed by atoms with Crippen molar-refractivity contribution in [2.75, 3.05) is 31.8 Å². The third-order valence-electron chi connectivity index (χ3n) is 6.89. The number of halogens is 1. The van der Waals surface area contributed by atoms with E-state index in [1.807, 2.05) is 18.2 Å². The summed E-state index contributed by atoms with van der Waals surface area (Å²) < 4.78 is 5.57. The van der Waals surface area contributed by atoms with Crippen LogP contribution in [0, 0.1) is 0 Å². The normalized spacial score (nSPS) is 22.9. The molecule has 2 aromatic carbocycles. The van der Waals surface area contributed by atoms with Gasteiger partial charge in [0, 0.05) is 24.8 Å². The van der Waals surface area contributed by atoms with E-state index in [9.17, 15) is 4.79 Å². The van der Waals surface area contributed by atoms with Gasteiger partial charge in [-0.3, -0.25) is 9.69 Å². The van der Waals surface area contributed by atoms with E-state index in [4.69, 9.17) is 4.74 Å². The second-order valence-electron chi connectivity index (χ2n) is 8.08. The molecule has 2 heterocycles. The second-order valence-corrected chi connectivity index (χ2v) is 8.08. The van der Waals surface area contributed by atoms with Gasteiger partial charge in [0.05, 0.1) is 13.8 Å². The quantitative estimate of drug-likeness (QED) is 0.836. The van der Waals surface area contributed by atoms with Gasteiger partial charge in [-0.2, -0.15) is 0 Å². The van der Waals surface area contributed by atoms with Crippen molar-refractivity contribution in [2.45, 2.75) is 37.3 Å². The van der Waals surface area contributed by atoms with Crippen LogP contribution in [0.25, 0.3) is 0 Å². The lowest BCUT2D eigenvalue weighted by Crippen LogP contribution is -2.56. The highest BCUT2D eigenvalue weighted by Crippen LogP contribution is 2.43. The third kappa shape index (κ3) is 3.17. The molecular weight excluding hydrogens is 386 g/mol. The van der Waals surface area contributed by atoms with E-state index in [0.29, 0.717) is 12.7 Å². The van der Waals surface area contributed by atoms with Gasteiger partial charge in [0.1, 0.15) is 11.3 Å². The van der Waals surface area contributed by atoms with E-state index in [1.165, 1.54) is 11.1 Å². The number of amides is 1. The number of fused-ring (bicyclic) bond motifs is 1. The fourth-order valence-electron chi connectivity index (χ4n) is 5.41. The second kappa shape index (κ2) is 7.88. The van der Waals surface area contributed by atoms with Crippen LogP contribution < -0.4 is 15.0 Å². The predicted octanol–water partition coefficient (Wildman–Crippen LogP) is 3.53. The number of nitrogens with zero attached hydrogens (tertiary/aromatic N) is 2. The fourth-order valence-corrected chi connectivity index (χ4v) is 5.41. The Morgan fingerprint density at radius 1 is 1.07 bits per heavy atom. The number of para-hydroxylation sites is 1. The Kier molecular flexibility index (Phi) is 5.45. The molecule has 0 saturated carbocycles. The minimum atomic E-state index is -0.409. The molecule has 1 spiro atoms. The van der Waals surface area contributed by atoms with Crippen molar-refractivity contribution in [3.63, 3.8) is 0 Å². The number of hydrogen-bond acceptors (Lipinski definition) is 4. The number of nitrogens with one attached hydrogen (secondary N) is 1. The first kappa shape index (κ1) is 20.0. The maximum absolute atomic E-state index is 12.9. The van der Waals surface area contributed by atoms with Gasteiger partial charge in [0.2, 0.25) is 5.91 Å². The molecule has 2 aromatic rings. The Labute approximate surface area is 178 Å². The largest absolute Gasteiger partial charge is 0.496 e. The highest BCUT2D eigenvalue weighted by atomic mass is 35.5. The van der Waals surface area contributed by atoms with Gasteiger partial charge in [-0.05, 0) is 55.0 Å². The van der Waals surface area contributed by atoms with Crippen molar-refractivity contribution in [3.8, 4) is 5.75 Å². The van der Waals surface area contributed by atoms with E-state index in [1.54, 1.807) is 7.11 Å². The average Bonchev–Trinajstić information content (AvgIpc) is 3.31. The van der Waals surface area contributed by atoms with Crippen molar-refractivity contribution in [1.29, 1.82) is 0 Å². The van der Waals surface area contributed by atoms with E-state index >= 15 is 0 Å². The zero-order valence-electron chi connectivity index (χ0n) is 16.8. The molecule has 5 nitrogen and oxygen atoms in total. The van der Waals surface area contributed by atoms with Crippen LogP contribution in [0.3, 0.4) is 0 Å². The Morgan fingerprint density at radius 3 is 2.55 bits per heavy atom. The Balaban J connectivity index is 0.00000205. The maximum atomic E-state index is 12.9. The molecule has 0 bridgehead atoms. The molecule has 0 radical (unpaired) electrons. The molecule has 0 aromatic heterocycles. The van der Waals surface area contributed by atoms with E-state index in [0.717, 1.165) is 50.2 Å². The summed E-state index contributed by atoms with van der Waals surface area (Å²) in [6.45, 7) is 2.49.